The minimum Gasteiger partial charge on any atom is -0.398 e. The van der Waals surface area contributed by atoms with Gasteiger partial charge in [0.05, 0.1) is 16.6 Å². The number of nitrogens with two attached hydrogens (primary N) is 1. The third-order valence-corrected chi connectivity index (χ3v) is 4.72. The average molecular weight is 287 g/mol. The Labute approximate surface area is 116 Å². The number of aryl methyl sites for hydroxylation is 1. The van der Waals surface area contributed by atoms with Gasteiger partial charge in [-0.15, -0.1) is 0 Å². The monoisotopic (exact) mass is 287 g/mol. The van der Waals surface area contributed by atoms with Crippen LogP contribution in [0.4, 0.5) is 5.69 Å². The second kappa shape index (κ2) is 4.35. The van der Waals surface area contributed by atoms with Crippen LogP contribution in [0, 0.1) is 6.92 Å². The maximum absolute atomic E-state index is 12.6. The van der Waals surface area contributed by atoms with Gasteiger partial charge in [-0.3, -0.25) is 0 Å². The Morgan fingerprint density at radius 3 is 2.55 bits per heavy atom. The number of fused-ring (bicyclic) bond motifs is 1. The van der Waals surface area contributed by atoms with Crippen molar-refractivity contribution in [2.24, 2.45) is 0 Å². The highest BCUT2D eigenvalue weighted by molar-refractivity contribution is 7.90. The molecule has 1 aromatic heterocycles. The summed E-state index contributed by atoms with van der Waals surface area (Å²) in [6.45, 7) is 1.86. The van der Waals surface area contributed by atoms with Crippen LogP contribution >= 0.6 is 0 Å². The summed E-state index contributed by atoms with van der Waals surface area (Å²) in [6, 6.07) is 11.8. The molecule has 0 atom stereocenters. The van der Waals surface area contributed by atoms with Crippen LogP contribution in [0.5, 0.6) is 0 Å². The lowest BCUT2D eigenvalue weighted by atomic mass is 10.1. The van der Waals surface area contributed by atoms with Crippen molar-refractivity contribution in [2.45, 2.75) is 11.8 Å². The van der Waals surface area contributed by atoms with E-state index >= 15 is 0 Å². The highest BCUT2D eigenvalue weighted by Crippen LogP contribution is 2.25. The topological polar surface area (TPSA) is 78.0 Å². The largest absolute Gasteiger partial charge is 0.398 e. The first-order valence-electron chi connectivity index (χ1n) is 6.04. The molecule has 0 fully saturated rings. The fraction of sp³-hybridized carbons (Fsp3) is 0.0714. The predicted octanol–water partition coefficient (Wildman–Crippen LogP) is 2.16. The average Bonchev–Trinajstić information content (AvgIpc) is 2.84. The zero-order valence-corrected chi connectivity index (χ0v) is 11.6. The molecule has 0 radical (unpaired) electrons. The van der Waals surface area contributed by atoms with E-state index in [0.717, 1.165) is 9.65 Å². The predicted molar refractivity (Wildman–Crippen MR) is 77.9 cm³/mol. The number of hydrogen-bond acceptors (Lipinski definition) is 4. The van der Waals surface area contributed by atoms with Crippen molar-refractivity contribution < 1.29 is 8.42 Å². The Bertz CT molecular complexity index is 883. The minimum atomic E-state index is -3.71. The van der Waals surface area contributed by atoms with Gasteiger partial charge in [-0.25, -0.2) is 0 Å². The molecular formula is C14H13N3O2S. The van der Waals surface area contributed by atoms with Gasteiger partial charge in [0.15, 0.2) is 0 Å². The van der Waals surface area contributed by atoms with E-state index in [1.807, 2.05) is 6.92 Å². The Kier molecular flexibility index (Phi) is 2.76. The number of nitrogens with zero attached hydrogens (tertiary/aromatic N) is 2. The van der Waals surface area contributed by atoms with Crippen LogP contribution in [-0.2, 0) is 10.0 Å². The SMILES string of the molecule is Cc1cc(N)c2cnn(S(=O)(=O)c3ccccc3)c2c1. The summed E-state index contributed by atoms with van der Waals surface area (Å²) < 4.78 is 26.2. The summed E-state index contributed by atoms with van der Waals surface area (Å²) in [5.41, 5.74) is 7.81. The lowest BCUT2D eigenvalue weighted by Gasteiger charge is -2.06. The van der Waals surface area contributed by atoms with Gasteiger partial charge >= 0.3 is 0 Å². The summed E-state index contributed by atoms with van der Waals surface area (Å²) in [5.74, 6) is 0. The van der Waals surface area contributed by atoms with Gasteiger partial charge in [-0.2, -0.15) is 17.6 Å². The number of hydrogen-bond donors (Lipinski definition) is 1. The van der Waals surface area contributed by atoms with Gasteiger partial charge in [-0.1, -0.05) is 18.2 Å². The molecule has 5 nitrogen and oxygen atoms in total. The number of aromatic nitrogens is 2. The molecule has 20 heavy (non-hydrogen) atoms. The van der Waals surface area contributed by atoms with Crippen LogP contribution < -0.4 is 5.73 Å². The van der Waals surface area contributed by atoms with E-state index in [0.29, 0.717) is 16.6 Å². The van der Waals surface area contributed by atoms with Gasteiger partial charge in [0.1, 0.15) is 0 Å². The third kappa shape index (κ3) is 1.85. The molecule has 0 spiro atoms. The van der Waals surface area contributed by atoms with E-state index in [1.165, 1.54) is 6.20 Å². The first-order chi connectivity index (χ1) is 9.50. The molecule has 1 heterocycles. The number of benzene rings is 2. The van der Waals surface area contributed by atoms with Gasteiger partial charge in [0.2, 0.25) is 0 Å². The summed E-state index contributed by atoms with van der Waals surface area (Å²) in [7, 11) is -3.71. The van der Waals surface area contributed by atoms with Gasteiger partial charge in [0, 0.05) is 11.1 Å². The second-order valence-corrected chi connectivity index (χ2v) is 6.36. The Balaban J connectivity index is 2.31. The van der Waals surface area contributed by atoms with Crippen molar-refractivity contribution in [3.05, 3.63) is 54.2 Å². The maximum Gasteiger partial charge on any atom is 0.283 e. The fourth-order valence-corrected chi connectivity index (χ4v) is 3.44. The van der Waals surface area contributed by atoms with Crippen molar-refractivity contribution in [3.8, 4) is 0 Å². The molecule has 2 N–H and O–H groups in total. The molecular weight excluding hydrogens is 274 g/mol. The molecule has 102 valence electrons. The van der Waals surface area contributed by atoms with Crippen molar-refractivity contribution in [3.63, 3.8) is 0 Å². The van der Waals surface area contributed by atoms with E-state index in [-0.39, 0.29) is 4.90 Å². The summed E-state index contributed by atoms with van der Waals surface area (Å²) in [6.07, 6.45) is 1.48. The Morgan fingerprint density at radius 2 is 1.85 bits per heavy atom. The van der Waals surface area contributed by atoms with Gasteiger partial charge < -0.3 is 5.73 Å². The second-order valence-electron chi connectivity index (χ2n) is 4.59. The molecule has 0 bridgehead atoms. The highest BCUT2D eigenvalue weighted by atomic mass is 32.2. The lowest BCUT2D eigenvalue weighted by Crippen LogP contribution is -2.14. The third-order valence-electron chi connectivity index (χ3n) is 3.10. The summed E-state index contributed by atoms with van der Waals surface area (Å²) in [4.78, 5) is 0.199. The molecule has 0 aliphatic heterocycles. The molecule has 0 unspecified atom stereocenters. The van der Waals surface area contributed by atoms with Crippen molar-refractivity contribution in [2.75, 3.05) is 5.73 Å². The molecule has 0 amide bonds. The molecule has 0 saturated heterocycles. The van der Waals surface area contributed by atoms with Crippen molar-refractivity contribution in [1.82, 2.24) is 9.19 Å². The molecule has 0 aliphatic carbocycles. The quantitative estimate of drug-likeness (QED) is 0.733. The first-order valence-corrected chi connectivity index (χ1v) is 7.48. The van der Waals surface area contributed by atoms with Crippen LogP contribution in [0.3, 0.4) is 0 Å². The zero-order valence-electron chi connectivity index (χ0n) is 10.8. The number of anilines is 1. The number of nitrogen functional groups attached to an aromatic ring is 1. The minimum absolute atomic E-state index is 0.199. The van der Waals surface area contributed by atoms with Crippen molar-refractivity contribution >= 4 is 26.6 Å². The zero-order chi connectivity index (χ0) is 14.3. The van der Waals surface area contributed by atoms with Gasteiger partial charge in [-0.05, 0) is 36.8 Å². The Hall–Kier alpha value is -2.34. The molecule has 0 aliphatic rings. The molecule has 3 aromatic rings. The smallest absolute Gasteiger partial charge is 0.283 e. The standard InChI is InChI=1S/C14H13N3O2S/c1-10-7-13(15)12-9-16-17(14(12)8-10)20(18,19)11-5-3-2-4-6-11/h2-9H,15H2,1H3. The number of rotatable bonds is 2. The molecule has 6 heteroatoms. The molecule has 2 aromatic carbocycles. The van der Waals surface area contributed by atoms with E-state index in [4.69, 9.17) is 5.73 Å². The van der Waals surface area contributed by atoms with Crippen molar-refractivity contribution in [1.29, 1.82) is 0 Å². The lowest BCUT2D eigenvalue weighted by molar-refractivity contribution is 0.582. The summed E-state index contributed by atoms with van der Waals surface area (Å²) in [5, 5.41) is 4.63. The van der Waals surface area contributed by atoms with Crippen LogP contribution in [-0.4, -0.2) is 17.6 Å². The van der Waals surface area contributed by atoms with Crippen LogP contribution in [0.15, 0.2) is 53.6 Å². The molecule has 3 rings (SSSR count). The van der Waals surface area contributed by atoms with Crippen LogP contribution in [0.25, 0.3) is 10.9 Å². The van der Waals surface area contributed by atoms with Crippen LogP contribution in [0.2, 0.25) is 0 Å². The fourth-order valence-electron chi connectivity index (χ4n) is 2.16. The Morgan fingerprint density at radius 1 is 1.15 bits per heavy atom. The highest BCUT2D eigenvalue weighted by Gasteiger charge is 2.20. The van der Waals surface area contributed by atoms with Crippen LogP contribution in [0.1, 0.15) is 5.56 Å². The molecule has 0 saturated carbocycles. The van der Waals surface area contributed by atoms with E-state index in [1.54, 1.807) is 42.5 Å². The summed E-state index contributed by atoms with van der Waals surface area (Å²) >= 11 is 0. The van der Waals surface area contributed by atoms with E-state index in [9.17, 15) is 8.42 Å². The van der Waals surface area contributed by atoms with E-state index < -0.39 is 10.0 Å². The maximum atomic E-state index is 12.6. The van der Waals surface area contributed by atoms with Gasteiger partial charge in [0.25, 0.3) is 10.0 Å². The van der Waals surface area contributed by atoms with E-state index in [2.05, 4.69) is 5.10 Å². The first kappa shape index (κ1) is 12.7. The normalized spacial score (nSPS) is 11.8.